The number of aromatic amines is 1. The highest BCUT2D eigenvalue weighted by atomic mass is 32.1. The molecule has 2 aromatic heterocycles. The minimum Gasteiger partial charge on any atom is -0.497 e. The highest BCUT2D eigenvalue weighted by molar-refractivity contribution is 7.18. The van der Waals surface area contributed by atoms with Gasteiger partial charge in [-0.25, -0.2) is 4.98 Å². The summed E-state index contributed by atoms with van der Waals surface area (Å²) in [6, 6.07) is 7.25. The largest absolute Gasteiger partial charge is 0.497 e. The molecule has 0 atom stereocenters. The molecule has 3 aromatic rings. The molecule has 156 valence electrons. The van der Waals surface area contributed by atoms with E-state index >= 15 is 0 Å². The first kappa shape index (κ1) is 19.3. The molecule has 8 heteroatoms. The van der Waals surface area contributed by atoms with Crippen molar-refractivity contribution in [3.63, 3.8) is 0 Å². The fourth-order valence-corrected chi connectivity index (χ4v) is 5.28. The van der Waals surface area contributed by atoms with Gasteiger partial charge in [0.15, 0.2) is 5.78 Å². The van der Waals surface area contributed by atoms with E-state index in [1.165, 1.54) is 11.3 Å². The molecule has 0 unspecified atom stereocenters. The van der Waals surface area contributed by atoms with Crippen LogP contribution in [0.3, 0.4) is 0 Å². The number of hydrogen-bond acceptors (Lipinski definition) is 7. The van der Waals surface area contributed by atoms with Crippen LogP contribution in [0.15, 0.2) is 29.1 Å². The van der Waals surface area contributed by atoms with E-state index in [2.05, 4.69) is 14.9 Å². The van der Waals surface area contributed by atoms with Crippen molar-refractivity contribution in [3.05, 3.63) is 50.9 Å². The molecule has 2 aliphatic rings. The number of rotatable bonds is 3. The van der Waals surface area contributed by atoms with Crippen molar-refractivity contribution in [2.24, 2.45) is 0 Å². The number of nitrogens with zero attached hydrogens (tertiary/aromatic N) is 2. The van der Waals surface area contributed by atoms with Gasteiger partial charge >= 0.3 is 0 Å². The van der Waals surface area contributed by atoms with Crippen LogP contribution in [0.5, 0.6) is 11.5 Å². The second-order valence-electron chi connectivity index (χ2n) is 8.11. The highest BCUT2D eigenvalue weighted by Crippen LogP contribution is 2.40. The molecule has 2 aliphatic heterocycles. The van der Waals surface area contributed by atoms with E-state index in [-0.39, 0.29) is 11.3 Å². The smallest absolute Gasteiger partial charge is 0.259 e. The molecule has 5 rings (SSSR count). The van der Waals surface area contributed by atoms with Gasteiger partial charge in [0.05, 0.1) is 31.0 Å². The number of piperidine rings is 1. The van der Waals surface area contributed by atoms with E-state index in [0.29, 0.717) is 41.2 Å². The standard InChI is InChI=1S/C22H23N3O4S/c1-13-9-16-20(27)23-19(24-21(16)30-13)12-25-7-5-22(6-8-25)11-17(26)15-4-3-14(28-2)10-18(15)29-22/h3-4,9-10H,5-8,11-12H2,1-2H3,(H,23,24,27). The van der Waals surface area contributed by atoms with Gasteiger partial charge in [-0.15, -0.1) is 11.3 Å². The monoisotopic (exact) mass is 425 g/mol. The van der Waals surface area contributed by atoms with Gasteiger partial charge in [-0.1, -0.05) is 0 Å². The van der Waals surface area contributed by atoms with Crippen molar-refractivity contribution >= 4 is 27.3 Å². The molecule has 7 nitrogen and oxygen atoms in total. The molecule has 1 N–H and O–H groups in total. The number of hydrogen-bond donors (Lipinski definition) is 1. The number of nitrogens with one attached hydrogen (secondary N) is 1. The van der Waals surface area contributed by atoms with E-state index < -0.39 is 5.60 Å². The number of methoxy groups -OCH3 is 1. The summed E-state index contributed by atoms with van der Waals surface area (Å²) in [6.45, 7) is 4.11. The topological polar surface area (TPSA) is 84.5 Å². The lowest BCUT2D eigenvalue weighted by Gasteiger charge is -2.43. The third-order valence-corrected chi connectivity index (χ3v) is 6.96. The van der Waals surface area contributed by atoms with Gasteiger partial charge in [-0.3, -0.25) is 14.5 Å². The first-order valence-electron chi connectivity index (χ1n) is 10.1. The Morgan fingerprint density at radius 2 is 2.07 bits per heavy atom. The maximum absolute atomic E-state index is 12.7. The fraction of sp³-hybridized carbons (Fsp3) is 0.409. The summed E-state index contributed by atoms with van der Waals surface area (Å²) < 4.78 is 11.6. The first-order valence-corrected chi connectivity index (χ1v) is 10.9. The molecule has 0 saturated carbocycles. The SMILES string of the molecule is COc1ccc2c(c1)OC1(CCN(Cc3nc4sc(C)cc4c(=O)[nH]3)CC1)CC2=O. The number of aryl methyl sites for hydroxylation is 1. The Bertz CT molecular complexity index is 1190. The Morgan fingerprint density at radius 3 is 2.83 bits per heavy atom. The summed E-state index contributed by atoms with van der Waals surface area (Å²) in [6.07, 6.45) is 1.90. The molecule has 0 aliphatic carbocycles. The van der Waals surface area contributed by atoms with Crippen LogP contribution < -0.4 is 15.0 Å². The van der Waals surface area contributed by atoms with Gasteiger partial charge in [-0.2, -0.15) is 0 Å². The van der Waals surface area contributed by atoms with Crippen LogP contribution in [-0.4, -0.2) is 46.5 Å². The molecule has 1 saturated heterocycles. The summed E-state index contributed by atoms with van der Waals surface area (Å²) in [5.41, 5.74) is 0.0764. The predicted molar refractivity (Wildman–Crippen MR) is 115 cm³/mol. The zero-order chi connectivity index (χ0) is 20.9. The summed E-state index contributed by atoms with van der Waals surface area (Å²) in [7, 11) is 1.61. The Morgan fingerprint density at radius 1 is 1.27 bits per heavy atom. The molecule has 1 fully saturated rings. The van der Waals surface area contributed by atoms with Gasteiger partial charge in [0.25, 0.3) is 5.56 Å². The van der Waals surface area contributed by atoms with E-state index in [4.69, 9.17) is 9.47 Å². The van der Waals surface area contributed by atoms with E-state index in [0.717, 1.165) is 35.6 Å². The quantitative estimate of drug-likeness (QED) is 0.693. The number of aromatic nitrogens is 2. The van der Waals surface area contributed by atoms with Gasteiger partial charge in [0.2, 0.25) is 0 Å². The second-order valence-corrected chi connectivity index (χ2v) is 9.35. The average Bonchev–Trinajstić information content (AvgIpc) is 3.10. The van der Waals surface area contributed by atoms with Gasteiger partial charge in [0.1, 0.15) is 27.8 Å². The predicted octanol–water partition coefficient (Wildman–Crippen LogP) is 3.30. The molecule has 1 aromatic carbocycles. The van der Waals surface area contributed by atoms with Crippen molar-refractivity contribution < 1.29 is 14.3 Å². The maximum atomic E-state index is 12.7. The molecule has 0 amide bonds. The summed E-state index contributed by atoms with van der Waals surface area (Å²) in [5, 5.41) is 0.655. The minimum atomic E-state index is -0.470. The number of carbonyl (C=O) groups excluding carboxylic acids is 1. The average molecular weight is 426 g/mol. The van der Waals surface area contributed by atoms with Crippen LogP contribution in [0.2, 0.25) is 0 Å². The number of likely N-dealkylation sites (tertiary alicyclic amines) is 1. The molecular weight excluding hydrogens is 402 g/mol. The fourth-order valence-electron chi connectivity index (χ4n) is 4.38. The zero-order valence-corrected chi connectivity index (χ0v) is 17.8. The number of carbonyl (C=O) groups is 1. The third-order valence-electron chi connectivity index (χ3n) is 6.01. The van der Waals surface area contributed by atoms with E-state index in [1.807, 2.05) is 13.0 Å². The Labute approximate surface area is 177 Å². The number of fused-ring (bicyclic) bond motifs is 2. The lowest BCUT2D eigenvalue weighted by Crippen LogP contribution is -2.50. The van der Waals surface area contributed by atoms with Crippen molar-refractivity contribution in [1.29, 1.82) is 0 Å². The van der Waals surface area contributed by atoms with Crippen molar-refractivity contribution in [2.75, 3.05) is 20.2 Å². The van der Waals surface area contributed by atoms with E-state index in [9.17, 15) is 9.59 Å². The summed E-state index contributed by atoms with van der Waals surface area (Å²) in [4.78, 5) is 36.7. The van der Waals surface area contributed by atoms with Crippen LogP contribution in [0, 0.1) is 6.92 Å². The first-order chi connectivity index (χ1) is 14.4. The summed E-state index contributed by atoms with van der Waals surface area (Å²) in [5.74, 6) is 2.10. The number of Topliss-reactive ketones (excluding diaryl/α,β-unsaturated/α-hetero) is 1. The Kier molecular flexibility index (Phi) is 4.63. The second kappa shape index (κ2) is 7.21. The van der Waals surface area contributed by atoms with Gasteiger partial charge in [-0.05, 0) is 25.1 Å². The van der Waals surface area contributed by atoms with Crippen molar-refractivity contribution in [1.82, 2.24) is 14.9 Å². The molecule has 0 bridgehead atoms. The zero-order valence-electron chi connectivity index (χ0n) is 17.0. The normalized spacial score (nSPS) is 18.4. The van der Waals surface area contributed by atoms with E-state index in [1.54, 1.807) is 25.3 Å². The molecule has 0 radical (unpaired) electrons. The number of ether oxygens (including phenoxy) is 2. The lowest BCUT2D eigenvalue weighted by molar-refractivity contribution is -0.0113. The van der Waals surface area contributed by atoms with Crippen LogP contribution in [0.4, 0.5) is 0 Å². The molecular formula is C22H23N3O4S. The number of ketones is 1. The highest BCUT2D eigenvalue weighted by Gasteiger charge is 2.43. The Hall–Kier alpha value is -2.71. The number of thiophene rings is 1. The number of H-pyrrole nitrogens is 1. The van der Waals surface area contributed by atoms with Crippen molar-refractivity contribution in [3.8, 4) is 11.5 Å². The van der Waals surface area contributed by atoms with Gasteiger partial charge < -0.3 is 14.5 Å². The number of benzene rings is 1. The lowest BCUT2D eigenvalue weighted by atomic mass is 9.82. The van der Waals surface area contributed by atoms with Crippen molar-refractivity contribution in [2.45, 2.75) is 38.3 Å². The Balaban J connectivity index is 1.30. The summed E-state index contributed by atoms with van der Waals surface area (Å²) >= 11 is 1.54. The maximum Gasteiger partial charge on any atom is 0.259 e. The van der Waals surface area contributed by atoms with Crippen LogP contribution in [0.1, 0.15) is 40.3 Å². The molecule has 1 spiro atoms. The third kappa shape index (κ3) is 3.40. The van der Waals surface area contributed by atoms with Crippen LogP contribution in [0.25, 0.3) is 10.2 Å². The van der Waals surface area contributed by atoms with Crippen LogP contribution in [-0.2, 0) is 6.54 Å². The van der Waals surface area contributed by atoms with Gasteiger partial charge in [0, 0.05) is 36.9 Å². The molecule has 30 heavy (non-hydrogen) atoms. The van der Waals surface area contributed by atoms with Crippen LogP contribution >= 0.6 is 11.3 Å². The minimum absolute atomic E-state index is 0.0837. The molecule has 4 heterocycles.